The van der Waals surface area contributed by atoms with Gasteiger partial charge in [0, 0.05) is 12.8 Å². The minimum Gasteiger partial charge on any atom is -0.440 e. The summed E-state index contributed by atoms with van der Waals surface area (Å²) < 4.78 is 5.63. The molecular weight excluding hydrogens is 238 g/mol. The largest absolute Gasteiger partial charge is 0.440 e. The lowest BCUT2D eigenvalue weighted by Gasteiger charge is -2.04. The smallest absolute Gasteiger partial charge is 0.228 e. The van der Waals surface area contributed by atoms with E-state index in [1.807, 2.05) is 18.2 Å². The van der Waals surface area contributed by atoms with E-state index in [2.05, 4.69) is 4.98 Å². The zero-order valence-electron chi connectivity index (χ0n) is 9.07. The van der Waals surface area contributed by atoms with Gasteiger partial charge in [-0.05, 0) is 18.6 Å². The molecule has 0 saturated heterocycles. The predicted octanol–water partition coefficient (Wildman–Crippen LogP) is 3.51. The number of hydrogen-bond acceptors (Lipinski definition) is 3. The van der Waals surface area contributed by atoms with Gasteiger partial charge in [-0.2, -0.15) is 0 Å². The summed E-state index contributed by atoms with van der Waals surface area (Å²) in [6, 6.07) is 7.33. The number of aromatic nitrogens is 1. The first kappa shape index (κ1) is 10.5. The Bertz CT molecular complexity index is 589. The maximum absolute atomic E-state index is 11.7. The second kappa shape index (κ2) is 4.00. The van der Waals surface area contributed by atoms with Crippen LogP contribution in [0.25, 0.3) is 11.5 Å². The number of nitrogens with zero attached hydrogens (tertiary/aromatic N) is 1. The standard InChI is InChI=1S/C13H10ClNO2/c14-9-5-2-1-4-8(9)13-15-12-10(16)6-3-7-11(12)17-13/h1-2,4-5H,3,6-7H2. The summed E-state index contributed by atoms with van der Waals surface area (Å²) in [5, 5.41) is 0.582. The van der Waals surface area contributed by atoms with Crippen LogP contribution in [-0.4, -0.2) is 10.8 Å². The first-order chi connectivity index (χ1) is 8.25. The molecule has 0 saturated carbocycles. The Morgan fingerprint density at radius 2 is 2.06 bits per heavy atom. The summed E-state index contributed by atoms with van der Waals surface area (Å²) in [5.74, 6) is 1.19. The Labute approximate surface area is 103 Å². The van der Waals surface area contributed by atoms with Gasteiger partial charge in [-0.1, -0.05) is 23.7 Å². The zero-order chi connectivity index (χ0) is 11.8. The Balaban J connectivity index is 2.11. The summed E-state index contributed by atoms with van der Waals surface area (Å²) in [7, 11) is 0. The van der Waals surface area contributed by atoms with Crippen LogP contribution in [-0.2, 0) is 6.42 Å². The minimum absolute atomic E-state index is 0.0632. The first-order valence-corrected chi connectivity index (χ1v) is 5.91. The average Bonchev–Trinajstić information content (AvgIpc) is 2.75. The van der Waals surface area contributed by atoms with Crippen molar-refractivity contribution in [2.24, 2.45) is 0 Å². The number of carbonyl (C=O) groups excluding carboxylic acids is 1. The van der Waals surface area contributed by atoms with Crippen molar-refractivity contribution >= 4 is 17.4 Å². The van der Waals surface area contributed by atoms with Crippen LogP contribution in [0.5, 0.6) is 0 Å². The highest BCUT2D eigenvalue weighted by atomic mass is 35.5. The Kier molecular flexibility index (Phi) is 2.48. The molecule has 0 amide bonds. The maximum Gasteiger partial charge on any atom is 0.228 e. The lowest BCUT2D eigenvalue weighted by molar-refractivity contribution is 0.0965. The van der Waals surface area contributed by atoms with Gasteiger partial charge in [0.05, 0.1) is 10.6 Å². The molecule has 0 N–H and O–H groups in total. The van der Waals surface area contributed by atoms with E-state index in [9.17, 15) is 4.79 Å². The first-order valence-electron chi connectivity index (χ1n) is 5.53. The summed E-state index contributed by atoms with van der Waals surface area (Å²) in [6.07, 6.45) is 2.17. The molecule has 0 aliphatic heterocycles. The fourth-order valence-corrected chi connectivity index (χ4v) is 2.23. The third kappa shape index (κ3) is 1.76. The highest BCUT2D eigenvalue weighted by Crippen LogP contribution is 2.31. The van der Waals surface area contributed by atoms with Crippen LogP contribution >= 0.6 is 11.6 Å². The number of fused-ring (bicyclic) bond motifs is 1. The predicted molar refractivity (Wildman–Crippen MR) is 64.2 cm³/mol. The van der Waals surface area contributed by atoms with Crippen molar-refractivity contribution in [2.45, 2.75) is 19.3 Å². The third-order valence-corrected chi connectivity index (χ3v) is 3.20. The number of ketones is 1. The van der Waals surface area contributed by atoms with E-state index in [0.717, 1.165) is 18.4 Å². The van der Waals surface area contributed by atoms with Crippen molar-refractivity contribution < 1.29 is 9.21 Å². The molecule has 0 radical (unpaired) electrons. The fourth-order valence-electron chi connectivity index (χ4n) is 2.02. The van der Waals surface area contributed by atoms with E-state index >= 15 is 0 Å². The van der Waals surface area contributed by atoms with Crippen LogP contribution in [0.4, 0.5) is 0 Å². The van der Waals surface area contributed by atoms with E-state index in [1.165, 1.54) is 0 Å². The lowest BCUT2D eigenvalue weighted by Crippen LogP contribution is -2.09. The second-order valence-electron chi connectivity index (χ2n) is 4.05. The van der Waals surface area contributed by atoms with Gasteiger partial charge >= 0.3 is 0 Å². The number of oxazole rings is 1. The lowest BCUT2D eigenvalue weighted by atomic mass is 10.0. The molecule has 0 atom stereocenters. The molecule has 4 heteroatoms. The summed E-state index contributed by atoms with van der Waals surface area (Å²) in [4.78, 5) is 15.9. The molecule has 1 aromatic carbocycles. The summed E-state index contributed by atoms with van der Waals surface area (Å²) in [6.45, 7) is 0. The van der Waals surface area contributed by atoms with Crippen molar-refractivity contribution in [3.8, 4) is 11.5 Å². The maximum atomic E-state index is 11.7. The van der Waals surface area contributed by atoms with Crippen LogP contribution in [0.1, 0.15) is 29.1 Å². The molecule has 1 heterocycles. The summed E-state index contributed by atoms with van der Waals surface area (Å²) in [5.41, 5.74) is 1.21. The number of aryl methyl sites for hydroxylation is 1. The van der Waals surface area contributed by atoms with Crippen molar-refractivity contribution in [1.82, 2.24) is 4.98 Å². The van der Waals surface area contributed by atoms with Gasteiger partial charge in [0.2, 0.25) is 5.89 Å². The molecular formula is C13H10ClNO2. The molecule has 17 heavy (non-hydrogen) atoms. The molecule has 86 valence electrons. The molecule has 1 aliphatic rings. The van der Waals surface area contributed by atoms with Crippen LogP contribution < -0.4 is 0 Å². The van der Waals surface area contributed by atoms with Crippen molar-refractivity contribution in [2.75, 3.05) is 0 Å². The van der Waals surface area contributed by atoms with Crippen LogP contribution in [0.3, 0.4) is 0 Å². The number of benzene rings is 1. The van der Waals surface area contributed by atoms with Crippen molar-refractivity contribution in [3.05, 3.63) is 40.7 Å². The van der Waals surface area contributed by atoms with Gasteiger partial charge in [-0.25, -0.2) is 4.98 Å². The van der Waals surface area contributed by atoms with Crippen molar-refractivity contribution in [1.29, 1.82) is 0 Å². The zero-order valence-corrected chi connectivity index (χ0v) is 9.83. The molecule has 2 aromatic rings. The van der Waals surface area contributed by atoms with Gasteiger partial charge in [-0.15, -0.1) is 0 Å². The highest BCUT2D eigenvalue weighted by Gasteiger charge is 2.24. The van der Waals surface area contributed by atoms with Crippen LogP contribution in [0.2, 0.25) is 5.02 Å². The molecule has 3 rings (SSSR count). The molecule has 1 aliphatic carbocycles. The molecule has 3 nitrogen and oxygen atoms in total. The molecule has 0 spiro atoms. The quantitative estimate of drug-likeness (QED) is 0.774. The Morgan fingerprint density at radius 1 is 1.24 bits per heavy atom. The van der Waals surface area contributed by atoms with E-state index in [1.54, 1.807) is 6.07 Å². The number of carbonyl (C=O) groups is 1. The van der Waals surface area contributed by atoms with Crippen molar-refractivity contribution in [3.63, 3.8) is 0 Å². The topological polar surface area (TPSA) is 43.1 Å². The van der Waals surface area contributed by atoms with Gasteiger partial charge in [-0.3, -0.25) is 4.79 Å². The number of halogens is 1. The molecule has 1 aromatic heterocycles. The summed E-state index contributed by atoms with van der Waals surface area (Å²) >= 11 is 6.07. The fraction of sp³-hybridized carbons (Fsp3) is 0.231. The normalized spacial score (nSPS) is 14.8. The van der Waals surface area contributed by atoms with Crippen LogP contribution in [0, 0.1) is 0 Å². The number of rotatable bonds is 1. The van der Waals surface area contributed by atoms with E-state index in [4.69, 9.17) is 16.0 Å². The second-order valence-corrected chi connectivity index (χ2v) is 4.45. The SMILES string of the molecule is O=C1CCCc2oc(-c3ccccc3Cl)nc21. The third-order valence-electron chi connectivity index (χ3n) is 2.87. The van der Waals surface area contributed by atoms with E-state index in [-0.39, 0.29) is 5.78 Å². The molecule has 0 bridgehead atoms. The Hall–Kier alpha value is -1.61. The van der Waals surface area contributed by atoms with Gasteiger partial charge in [0.1, 0.15) is 11.5 Å². The van der Waals surface area contributed by atoms with E-state index in [0.29, 0.717) is 28.8 Å². The van der Waals surface area contributed by atoms with Crippen LogP contribution in [0.15, 0.2) is 28.7 Å². The Morgan fingerprint density at radius 3 is 2.82 bits per heavy atom. The number of Topliss-reactive ketones (excluding diaryl/α,β-unsaturated/α-hetero) is 1. The highest BCUT2D eigenvalue weighted by molar-refractivity contribution is 6.33. The molecule has 0 fully saturated rings. The average molecular weight is 248 g/mol. The van der Waals surface area contributed by atoms with Gasteiger partial charge < -0.3 is 4.42 Å². The molecule has 0 unspecified atom stereocenters. The van der Waals surface area contributed by atoms with Gasteiger partial charge in [0.15, 0.2) is 5.78 Å². The minimum atomic E-state index is 0.0632. The monoisotopic (exact) mass is 247 g/mol. The number of hydrogen-bond donors (Lipinski definition) is 0. The van der Waals surface area contributed by atoms with Gasteiger partial charge in [0.25, 0.3) is 0 Å². The van der Waals surface area contributed by atoms with E-state index < -0.39 is 0 Å².